The van der Waals surface area contributed by atoms with Crippen LogP contribution in [0.2, 0.25) is 0 Å². The molecule has 1 atom stereocenters. The molecule has 1 fully saturated rings. The summed E-state index contributed by atoms with van der Waals surface area (Å²) in [6.07, 6.45) is 0. The second kappa shape index (κ2) is 2.80. The van der Waals surface area contributed by atoms with Crippen molar-refractivity contribution in [1.82, 2.24) is 5.09 Å². The summed E-state index contributed by atoms with van der Waals surface area (Å²) < 4.78 is 16.1. The Bertz CT molecular complexity index is 469. The quantitative estimate of drug-likeness (QED) is 0.727. The Labute approximate surface area is 96.6 Å². The molecule has 2 heterocycles. The SMILES string of the molecule is C[C@@H]1NP2(Cl)(OC1=O)Oc1ccccc1O2. The molecule has 1 spiro atoms. The van der Waals surface area contributed by atoms with Crippen LogP contribution in [0.4, 0.5) is 0 Å². The second-order valence-corrected chi connectivity index (χ2v) is 7.81. The molecule has 1 aromatic rings. The average Bonchev–Trinajstić information content (AvgIpc) is 2.60. The van der Waals surface area contributed by atoms with Crippen LogP contribution in [-0.4, -0.2) is 12.0 Å². The zero-order valence-electron chi connectivity index (χ0n) is 8.34. The van der Waals surface area contributed by atoms with Crippen molar-refractivity contribution in [3.05, 3.63) is 24.3 Å². The summed E-state index contributed by atoms with van der Waals surface area (Å²) in [4.78, 5) is 11.4. The van der Waals surface area contributed by atoms with Crippen LogP contribution in [0.25, 0.3) is 0 Å². The molecule has 0 bridgehead atoms. The fourth-order valence-electron chi connectivity index (χ4n) is 1.66. The van der Waals surface area contributed by atoms with Crippen molar-refractivity contribution in [2.75, 3.05) is 0 Å². The van der Waals surface area contributed by atoms with Gasteiger partial charge in [-0.15, -0.1) is 0 Å². The topological polar surface area (TPSA) is 56.8 Å². The van der Waals surface area contributed by atoms with Crippen LogP contribution < -0.4 is 14.1 Å². The van der Waals surface area contributed by atoms with Gasteiger partial charge in [0.15, 0.2) is 0 Å². The van der Waals surface area contributed by atoms with E-state index in [1.54, 1.807) is 31.2 Å². The van der Waals surface area contributed by atoms with E-state index in [-0.39, 0.29) is 0 Å². The van der Waals surface area contributed by atoms with Gasteiger partial charge in [0.25, 0.3) is 0 Å². The van der Waals surface area contributed by atoms with Crippen LogP contribution in [0.15, 0.2) is 24.3 Å². The van der Waals surface area contributed by atoms with Gasteiger partial charge >= 0.3 is 96.2 Å². The molecular formula is C9H9ClNO4P. The third kappa shape index (κ3) is 1.29. The van der Waals surface area contributed by atoms with Gasteiger partial charge in [0, 0.05) is 0 Å². The molecule has 0 radical (unpaired) electrons. The van der Waals surface area contributed by atoms with E-state index >= 15 is 0 Å². The predicted octanol–water partition coefficient (Wildman–Crippen LogP) is 2.36. The van der Waals surface area contributed by atoms with Crippen LogP contribution in [0.1, 0.15) is 6.92 Å². The fraction of sp³-hybridized carbons (Fsp3) is 0.222. The number of benzene rings is 1. The van der Waals surface area contributed by atoms with Crippen LogP contribution in [0.5, 0.6) is 11.5 Å². The molecule has 0 amide bonds. The van der Waals surface area contributed by atoms with Gasteiger partial charge in [0.1, 0.15) is 0 Å². The molecule has 1 saturated heterocycles. The molecule has 3 rings (SSSR count). The summed E-state index contributed by atoms with van der Waals surface area (Å²) in [6, 6.07) is 6.45. The van der Waals surface area contributed by atoms with Crippen molar-refractivity contribution in [3.8, 4) is 11.5 Å². The molecule has 2 aliphatic rings. The first-order valence-electron chi connectivity index (χ1n) is 4.74. The van der Waals surface area contributed by atoms with Crippen LogP contribution in [0.3, 0.4) is 0 Å². The molecule has 1 N–H and O–H groups in total. The van der Waals surface area contributed by atoms with E-state index in [9.17, 15) is 4.79 Å². The van der Waals surface area contributed by atoms with E-state index in [2.05, 4.69) is 5.09 Å². The monoisotopic (exact) mass is 261 g/mol. The summed E-state index contributed by atoms with van der Waals surface area (Å²) in [5.41, 5.74) is 0. The maximum absolute atomic E-state index is 11.4. The third-order valence-electron chi connectivity index (χ3n) is 2.35. The van der Waals surface area contributed by atoms with Gasteiger partial charge in [-0.05, 0) is 0 Å². The summed E-state index contributed by atoms with van der Waals surface area (Å²) in [5, 5.41) is 2.78. The van der Waals surface area contributed by atoms with Gasteiger partial charge in [0.2, 0.25) is 0 Å². The number of halogens is 1. The zero-order chi connectivity index (χ0) is 11.4. The zero-order valence-corrected chi connectivity index (χ0v) is 10.00. The first-order valence-corrected chi connectivity index (χ1v) is 7.63. The number of hydrogen-bond acceptors (Lipinski definition) is 5. The molecular weight excluding hydrogens is 253 g/mol. The van der Waals surface area contributed by atoms with Gasteiger partial charge in [-0.1, -0.05) is 0 Å². The number of carbonyl (C=O) groups is 1. The Morgan fingerprint density at radius 2 is 1.81 bits per heavy atom. The van der Waals surface area contributed by atoms with E-state index < -0.39 is 18.8 Å². The van der Waals surface area contributed by atoms with Crippen molar-refractivity contribution >= 4 is 24.0 Å². The van der Waals surface area contributed by atoms with Crippen molar-refractivity contribution in [3.63, 3.8) is 0 Å². The molecule has 2 aliphatic heterocycles. The third-order valence-corrected chi connectivity index (χ3v) is 5.57. The Morgan fingerprint density at radius 1 is 1.25 bits per heavy atom. The average molecular weight is 262 g/mol. The first-order chi connectivity index (χ1) is 7.48. The Morgan fingerprint density at radius 3 is 2.25 bits per heavy atom. The molecule has 86 valence electrons. The number of para-hydroxylation sites is 2. The molecule has 0 saturated carbocycles. The fourth-order valence-corrected chi connectivity index (χ4v) is 5.18. The van der Waals surface area contributed by atoms with Crippen molar-refractivity contribution in [2.45, 2.75) is 13.0 Å². The normalized spacial score (nSPS) is 30.8. The summed E-state index contributed by atoms with van der Waals surface area (Å²) in [6.45, 7) is -2.36. The van der Waals surface area contributed by atoms with Crippen LogP contribution in [-0.2, 0) is 9.32 Å². The number of fused-ring (bicyclic) bond motifs is 1. The molecule has 0 aliphatic carbocycles. The number of rotatable bonds is 0. The number of carbonyl (C=O) groups excluding carboxylic acids is 1. The van der Waals surface area contributed by atoms with Crippen molar-refractivity contribution in [2.24, 2.45) is 0 Å². The Balaban J connectivity index is 2.03. The van der Waals surface area contributed by atoms with Gasteiger partial charge in [-0.25, -0.2) is 0 Å². The standard InChI is InChI=1S/C9H9ClNO4P/c1-6-9(12)15-16(10,11-6)13-7-4-2-3-5-8(7)14-16/h2-6,11H,1H3/t6-/m0/s1. The number of hydrogen-bond donors (Lipinski definition) is 1. The van der Waals surface area contributed by atoms with E-state index in [1.165, 1.54) is 0 Å². The Kier molecular flexibility index (Phi) is 1.78. The van der Waals surface area contributed by atoms with Crippen LogP contribution in [0, 0.1) is 0 Å². The molecule has 0 aromatic heterocycles. The van der Waals surface area contributed by atoms with E-state index in [1.807, 2.05) is 0 Å². The van der Waals surface area contributed by atoms with E-state index in [4.69, 9.17) is 24.8 Å². The van der Waals surface area contributed by atoms with Crippen molar-refractivity contribution in [1.29, 1.82) is 0 Å². The van der Waals surface area contributed by atoms with Gasteiger partial charge in [-0.2, -0.15) is 0 Å². The predicted molar refractivity (Wildman–Crippen MR) is 59.2 cm³/mol. The van der Waals surface area contributed by atoms with Crippen LogP contribution >= 0.6 is 18.0 Å². The molecule has 5 nitrogen and oxygen atoms in total. The first kappa shape index (κ1) is 10.1. The molecule has 0 unspecified atom stereocenters. The Hall–Kier alpha value is -1.03. The summed E-state index contributed by atoms with van der Waals surface area (Å²) in [7, 11) is 0. The minimum absolute atomic E-state index is 0.472. The van der Waals surface area contributed by atoms with Crippen molar-refractivity contribution < 1.29 is 18.4 Å². The maximum atomic E-state index is 11.4. The minimum atomic E-state index is -4.00. The summed E-state index contributed by atoms with van der Waals surface area (Å²) in [5.74, 6) is 0.481. The van der Waals surface area contributed by atoms with E-state index in [0.717, 1.165) is 0 Å². The summed E-state index contributed by atoms with van der Waals surface area (Å²) >= 11 is 6.25. The molecule has 7 heteroatoms. The molecule has 1 aromatic carbocycles. The second-order valence-electron chi connectivity index (χ2n) is 3.68. The number of nitrogens with one attached hydrogen (secondary N) is 1. The molecule has 16 heavy (non-hydrogen) atoms. The van der Waals surface area contributed by atoms with Gasteiger partial charge < -0.3 is 0 Å². The van der Waals surface area contributed by atoms with Gasteiger partial charge in [0.05, 0.1) is 0 Å². The van der Waals surface area contributed by atoms with Gasteiger partial charge in [-0.3, -0.25) is 0 Å². The van der Waals surface area contributed by atoms with E-state index in [0.29, 0.717) is 11.5 Å².